The molecule has 0 fully saturated rings. The lowest BCUT2D eigenvalue weighted by atomic mass is 10.1. The molecule has 0 aliphatic carbocycles. The molecule has 1 N–H and O–H groups in total. The van der Waals surface area contributed by atoms with Gasteiger partial charge in [-0.25, -0.2) is 4.79 Å². The molecule has 0 amide bonds. The quantitative estimate of drug-likeness (QED) is 0.527. The Morgan fingerprint density at radius 3 is 2.88 bits per heavy atom. The van der Waals surface area contributed by atoms with Crippen LogP contribution < -0.4 is 0 Å². The molecule has 0 spiro atoms. The second-order valence-electron chi connectivity index (χ2n) is 3.61. The summed E-state index contributed by atoms with van der Waals surface area (Å²) in [5.74, 6) is -2.11. The van der Waals surface area contributed by atoms with Gasteiger partial charge in [0.25, 0.3) is 0 Å². The van der Waals surface area contributed by atoms with Crippen molar-refractivity contribution in [2.75, 3.05) is 6.61 Å². The van der Waals surface area contributed by atoms with Crippen molar-refractivity contribution in [2.24, 2.45) is 0 Å². The molecule has 2 heterocycles. The van der Waals surface area contributed by atoms with Gasteiger partial charge in [0.05, 0.1) is 13.0 Å². The first-order chi connectivity index (χ1) is 7.59. The Morgan fingerprint density at radius 1 is 1.44 bits per heavy atom. The molecular weight excluding hydrogens is 216 g/mol. The van der Waals surface area contributed by atoms with E-state index < -0.39 is 18.0 Å². The molecule has 0 bridgehead atoms. The van der Waals surface area contributed by atoms with Crippen molar-refractivity contribution in [3.05, 3.63) is 11.3 Å². The van der Waals surface area contributed by atoms with Gasteiger partial charge in [-0.05, 0) is 6.42 Å². The number of carboxylic acid groups (broad SMARTS) is 1. The average Bonchev–Trinajstić information content (AvgIpc) is 2.39. The molecule has 2 aliphatic heterocycles. The fraction of sp³-hybridized carbons (Fsp3) is 0.500. The Labute approximate surface area is 90.8 Å². The minimum Gasteiger partial charge on any atom is -0.493 e. The van der Waals surface area contributed by atoms with Gasteiger partial charge in [0.2, 0.25) is 0 Å². The molecule has 1 atom stereocenters. The number of carboxylic acids is 1. The largest absolute Gasteiger partial charge is 0.493 e. The van der Waals surface area contributed by atoms with E-state index in [1.165, 1.54) is 0 Å². The number of cyclic esters (lactones) is 1. The first-order valence-electron chi connectivity index (χ1n) is 4.92. The summed E-state index contributed by atoms with van der Waals surface area (Å²) in [6, 6.07) is 0. The van der Waals surface area contributed by atoms with Crippen LogP contribution >= 0.6 is 0 Å². The predicted octanol–water partition coefficient (Wildman–Crippen LogP) is 0.0201. The van der Waals surface area contributed by atoms with Crippen molar-refractivity contribution in [1.82, 2.24) is 0 Å². The highest BCUT2D eigenvalue weighted by molar-refractivity contribution is 6.19. The number of hydrogen-bond donors (Lipinski definition) is 1. The van der Waals surface area contributed by atoms with Crippen molar-refractivity contribution in [2.45, 2.75) is 25.4 Å². The molecular formula is C10H10O6. The Balaban J connectivity index is 2.30. The molecule has 0 saturated heterocycles. The zero-order chi connectivity index (χ0) is 11.7. The van der Waals surface area contributed by atoms with Crippen LogP contribution in [0, 0.1) is 0 Å². The lowest BCUT2D eigenvalue weighted by molar-refractivity contribution is -0.146. The van der Waals surface area contributed by atoms with Gasteiger partial charge in [0.15, 0.2) is 17.6 Å². The summed E-state index contributed by atoms with van der Waals surface area (Å²) in [4.78, 5) is 33.5. The first kappa shape index (κ1) is 10.7. The second kappa shape index (κ2) is 3.96. The van der Waals surface area contributed by atoms with Crippen molar-refractivity contribution in [1.29, 1.82) is 0 Å². The summed E-state index contributed by atoms with van der Waals surface area (Å²) in [6.07, 6.45) is -0.577. The molecule has 2 aliphatic rings. The number of carbonyl (C=O) groups excluding carboxylic acids is 2. The number of Topliss-reactive ketones (excluding diaryl/α,β-unsaturated/α-hetero) is 1. The van der Waals surface area contributed by atoms with E-state index in [-0.39, 0.29) is 30.0 Å². The van der Waals surface area contributed by atoms with Crippen LogP contribution in [0.25, 0.3) is 0 Å². The summed E-state index contributed by atoms with van der Waals surface area (Å²) in [6.45, 7) is 0.303. The number of esters is 1. The normalized spacial score (nSPS) is 24.6. The Kier molecular flexibility index (Phi) is 2.64. The van der Waals surface area contributed by atoms with E-state index in [2.05, 4.69) is 0 Å². The third-order valence-corrected chi connectivity index (χ3v) is 2.44. The zero-order valence-electron chi connectivity index (χ0n) is 8.39. The molecule has 0 aromatic heterocycles. The van der Waals surface area contributed by atoms with Crippen LogP contribution in [-0.4, -0.2) is 35.5 Å². The van der Waals surface area contributed by atoms with Crippen molar-refractivity contribution < 1.29 is 29.0 Å². The molecule has 6 nitrogen and oxygen atoms in total. The lowest BCUT2D eigenvalue weighted by Crippen LogP contribution is -2.18. The van der Waals surface area contributed by atoms with Crippen molar-refractivity contribution in [3.63, 3.8) is 0 Å². The molecule has 86 valence electrons. The highest BCUT2D eigenvalue weighted by atomic mass is 16.6. The molecule has 16 heavy (non-hydrogen) atoms. The van der Waals surface area contributed by atoms with Crippen molar-refractivity contribution >= 4 is 17.7 Å². The van der Waals surface area contributed by atoms with Gasteiger partial charge in [-0.15, -0.1) is 0 Å². The third kappa shape index (κ3) is 1.78. The number of carbonyl (C=O) groups is 3. The maximum atomic E-state index is 11.6. The molecule has 0 aromatic rings. The van der Waals surface area contributed by atoms with Crippen LogP contribution in [0.3, 0.4) is 0 Å². The summed E-state index contributed by atoms with van der Waals surface area (Å²) in [7, 11) is 0. The van der Waals surface area contributed by atoms with Gasteiger partial charge in [-0.2, -0.15) is 0 Å². The van der Waals surface area contributed by atoms with Gasteiger partial charge >= 0.3 is 11.9 Å². The number of hydrogen-bond acceptors (Lipinski definition) is 5. The maximum absolute atomic E-state index is 11.6. The van der Waals surface area contributed by atoms with Crippen LogP contribution in [0.5, 0.6) is 0 Å². The molecule has 2 rings (SSSR count). The lowest BCUT2D eigenvalue weighted by Gasteiger charge is -2.11. The van der Waals surface area contributed by atoms with E-state index in [1.54, 1.807) is 0 Å². The van der Waals surface area contributed by atoms with Crippen LogP contribution in [0.1, 0.15) is 19.3 Å². The van der Waals surface area contributed by atoms with Gasteiger partial charge < -0.3 is 14.6 Å². The van der Waals surface area contributed by atoms with Crippen molar-refractivity contribution in [3.8, 4) is 0 Å². The minimum atomic E-state index is -1.10. The van der Waals surface area contributed by atoms with E-state index in [0.29, 0.717) is 13.0 Å². The number of ether oxygens (including phenoxy) is 2. The van der Waals surface area contributed by atoms with E-state index in [9.17, 15) is 14.4 Å². The molecule has 6 heteroatoms. The average molecular weight is 226 g/mol. The topological polar surface area (TPSA) is 89.9 Å². The van der Waals surface area contributed by atoms with E-state index in [1.807, 2.05) is 0 Å². The molecule has 0 radical (unpaired) electrons. The van der Waals surface area contributed by atoms with E-state index >= 15 is 0 Å². The van der Waals surface area contributed by atoms with Gasteiger partial charge in [-0.3, -0.25) is 9.59 Å². The number of rotatable bonds is 2. The predicted molar refractivity (Wildman–Crippen MR) is 49.4 cm³/mol. The van der Waals surface area contributed by atoms with Crippen LogP contribution in [0.4, 0.5) is 0 Å². The van der Waals surface area contributed by atoms with Gasteiger partial charge in [0, 0.05) is 6.42 Å². The van der Waals surface area contributed by atoms with Gasteiger partial charge in [-0.1, -0.05) is 0 Å². The SMILES string of the molecule is O=C(O)C[C@@H]1OC(=O)C2=C1OCCCC2=O. The highest BCUT2D eigenvalue weighted by Crippen LogP contribution is 2.29. The van der Waals surface area contributed by atoms with Crippen LogP contribution in [0.15, 0.2) is 11.3 Å². The third-order valence-electron chi connectivity index (χ3n) is 2.44. The molecule has 0 unspecified atom stereocenters. The molecule has 0 saturated carbocycles. The standard InChI is InChI=1S/C10H10O6/c11-5-2-1-3-15-9-6(4-7(12)13)16-10(14)8(5)9/h6H,1-4H2,(H,12,13)/t6-/m0/s1. The fourth-order valence-electron chi connectivity index (χ4n) is 1.75. The number of ketones is 1. The van der Waals surface area contributed by atoms with Crippen LogP contribution in [0.2, 0.25) is 0 Å². The Hall–Kier alpha value is -1.85. The minimum absolute atomic E-state index is 0.0925. The highest BCUT2D eigenvalue weighted by Gasteiger charge is 2.41. The van der Waals surface area contributed by atoms with Gasteiger partial charge in [0.1, 0.15) is 5.57 Å². The van der Waals surface area contributed by atoms with Crippen LogP contribution in [-0.2, 0) is 23.9 Å². The Bertz CT molecular complexity index is 394. The summed E-state index contributed by atoms with van der Waals surface area (Å²) >= 11 is 0. The smallest absolute Gasteiger partial charge is 0.346 e. The summed E-state index contributed by atoms with van der Waals surface area (Å²) in [5.41, 5.74) is -0.108. The fourth-order valence-corrected chi connectivity index (χ4v) is 1.75. The number of aliphatic carboxylic acids is 1. The zero-order valence-corrected chi connectivity index (χ0v) is 8.39. The Morgan fingerprint density at radius 2 is 2.19 bits per heavy atom. The van der Waals surface area contributed by atoms with E-state index in [0.717, 1.165) is 0 Å². The first-order valence-corrected chi connectivity index (χ1v) is 4.92. The summed E-state index contributed by atoms with van der Waals surface area (Å²) < 4.78 is 10.0. The van der Waals surface area contributed by atoms with E-state index in [4.69, 9.17) is 14.6 Å². The summed E-state index contributed by atoms with van der Waals surface area (Å²) in [5, 5.41) is 8.63. The second-order valence-corrected chi connectivity index (χ2v) is 3.61. The molecule has 0 aromatic carbocycles. The maximum Gasteiger partial charge on any atom is 0.346 e. The monoisotopic (exact) mass is 226 g/mol.